The molecule has 4 N–H and O–H groups in total. The molecule has 1 aromatic carbocycles. The van der Waals surface area contributed by atoms with Gasteiger partial charge in [-0.2, -0.15) is 10.4 Å². The fourth-order valence-corrected chi connectivity index (χ4v) is 5.19. The number of hydrogen-bond acceptors (Lipinski definition) is 6. The van der Waals surface area contributed by atoms with E-state index in [1.165, 1.54) is 0 Å². The lowest BCUT2D eigenvalue weighted by atomic mass is 9.68. The van der Waals surface area contributed by atoms with Gasteiger partial charge in [0.15, 0.2) is 0 Å². The summed E-state index contributed by atoms with van der Waals surface area (Å²) in [6, 6.07) is 5.73. The highest BCUT2D eigenvalue weighted by atomic mass is 35.5. The zero-order valence-electron chi connectivity index (χ0n) is 17.0. The maximum atomic E-state index is 12.3. The van der Waals surface area contributed by atoms with Gasteiger partial charge in [-0.3, -0.25) is 14.9 Å². The summed E-state index contributed by atoms with van der Waals surface area (Å²) in [6.45, 7) is 0.456. The van der Waals surface area contributed by atoms with E-state index in [1.807, 2.05) is 19.3 Å². The fraction of sp³-hybridized carbons (Fsp3) is 0.476. The first-order chi connectivity index (χ1) is 14.5. The van der Waals surface area contributed by atoms with E-state index in [0.717, 1.165) is 30.5 Å². The van der Waals surface area contributed by atoms with Gasteiger partial charge in [0.2, 0.25) is 5.91 Å². The number of halogens is 1. The van der Waals surface area contributed by atoms with Crippen LogP contribution in [0.4, 0.5) is 0 Å². The highest BCUT2D eigenvalue weighted by Gasteiger charge is 2.43. The van der Waals surface area contributed by atoms with Gasteiger partial charge in [0.1, 0.15) is 11.8 Å². The highest BCUT2D eigenvalue weighted by Crippen LogP contribution is 2.45. The lowest BCUT2D eigenvalue weighted by molar-refractivity contribution is -0.133. The summed E-state index contributed by atoms with van der Waals surface area (Å²) >= 11 is 6.37. The molecule has 1 aliphatic carbocycles. The van der Waals surface area contributed by atoms with Crippen molar-refractivity contribution in [2.75, 3.05) is 13.7 Å². The topological polar surface area (TPSA) is 118 Å². The summed E-state index contributed by atoms with van der Waals surface area (Å²) in [6.07, 6.45) is 4.34. The van der Waals surface area contributed by atoms with E-state index in [9.17, 15) is 10.1 Å². The Kier molecular flexibility index (Phi) is 5.69. The van der Waals surface area contributed by atoms with Crippen LogP contribution in [0.5, 0.6) is 5.75 Å². The maximum absolute atomic E-state index is 12.3. The SMILES string of the molecule is COc1cc(Cl)c(C#N)c(-c2c(C3CCC4C(=O)NNC(CN)C4C3)cnn2C)c1. The van der Waals surface area contributed by atoms with Crippen LogP contribution in [-0.4, -0.2) is 35.4 Å². The largest absolute Gasteiger partial charge is 0.497 e. The Morgan fingerprint density at radius 2 is 2.23 bits per heavy atom. The van der Waals surface area contributed by atoms with Crippen LogP contribution in [0, 0.1) is 23.2 Å². The molecule has 0 spiro atoms. The molecule has 30 heavy (non-hydrogen) atoms. The van der Waals surface area contributed by atoms with Crippen LogP contribution in [0.15, 0.2) is 18.3 Å². The van der Waals surface area contributed by atoms with E-state index in [4.69, 9.17) is 22.1 Å². The van der Waals surface area contributed by atoms with Gasteiger partial charge in [-0.15, -0.1) is 0 Å². The van der Waals surface area contributed by atoms with Gasteiger partial charge in [0.25, 0.3) is 0 Å². The number of nitriles is 1. The van der Waals surface area contributed by atoms with Crippen LogP contribution in [0.25, 0.3) is 11.3 Å². The molecule has 1 amide bonds. The molecule has 4 unspecified atom stereocenters. The van der Waals surface area contributed by atoms with E-state index in [2.05, 4.69) is 22.0 Å². The Morgan fingerprint density at radius 3 is 2.93 bits per heavy atom. The number of ether oxygens (including phenoxy) is 1. The third kappa shape index (κ3) is 3.43. The number of hydrazine groups is 1. The van der Waals surface area contributed by atoms with Crippen LogP contribution in [0.1, 0.15) is 36.3 Å². The van der Waals surface area contributed by atoms with Gasteiger partial charge in [-0.05, 0) is 37.2 Å². The van der Waals surface area contributed by atoms with Gasteiger partial charge in [0.05, 0.1) is 29.6 Å². The summed E-state index contributed by atoms with van der Waals surface area (Å²) in [7, 11) is 3.43. The Labute approximate surface area is 180 Å². The van der Waals surface area contributed by atoms with Crippen molar-refractivity contribution in [1.82, 2.24) is 20.6 Å². The third-order valence-electron chi connectivity index (χ3n) is 6.46. The number of fused-ring (bicyclic) bond motifs is 1. The predicted octanol–water partition coefficient (Wildman–Crippen LogP) is 2.08. The standard InChI is InChI=1S/C21H25ClN6O2/c1-28-20(15-6-12(30-2)7-18(22)16(15)8-23)17(10-25-28)11-3-4-13-14(5-11)19(9-24)26-27-21(13)29/h6-7,10-11,13-14,19,26H,3-5,9,24H2,1-2H3,(H,27,29). The number of nitrogens with one attached hydrogen (secondary N) is 2. The molecule has 0 bridgehead atoms. The second-order valence-electron chi connectivity index (χ2n) is 7.97. The Balaban J connectivity index is 1.75. The number of hydrogen-bond donors (Lipinski definition) is 3. The molecule has 1 saturated carbocycles. The van der Waals surface area contributed by atoms with E-state index in [0.29, 0.717) is 28.4 Å². The lowest BCUT2D eigenvalue weighted by Crippen LogP contribution is -2.62. The Morgan fingerprint density at radius 1 is 1.43 bits per heavy atom. The minimum atomic E-state index is -0.0305. The quantitative estimate of drug-likeness (QED) is 0.686. The first kappa shape index (κ1) is 20.7. The number of aromatic nitrogens is 2. The number of carbonyl (C=O) groups excluding carboxylic acids is 1. The zero-order valence-corrected chi connectivity index (χ0v) is 17.7. The second-order valence-corrected chi connectivity index (χ2v) is 8.38. The van der Waals surface area contributed by atoms with Gasteiger partial charge in [-0.25, -0.2) is 5.43 Å². The molecule has 4 atom stereocenters. The zero-order chi connectivity index (χ0) is 21.4. The number of nitrogens with zero attached hydrogens (tertiary/aromatic N) is 3. The molecular formula is C21H25ClN6O2. The van der Waals surface area contributed by atoms with Crippen LogP contribution < -0.4 is 21.3 Å². The number of carbonyl (C=O) groups is 1. The molecule has 8 nitrogen and oxygen atoms in total. The fourth-order valence-electron chi connectivity index (χ4n) is 4.94. The Bertz CT molecular complexity index is 1010. The summed E-state index contributed by atoms with van der Waals surface area (Å²) in [5, 5.41) is 14.6. The molecule has 2 fully saturated rings. The molecule has 158 valence electrons. The molecule has 4 rings (SSSR count). The van der Waals surface area contributed by atoms with Crippen molar-refractivity contribution in [3.63, 3.8) is 0 Å². The number of methoxy groups -OCH3 is 1. The molecule has 1 saturated heterocycles. The van der Waals surface area contributed by atoms with Crippen LogP contribution in [-0.2, 0) is 11.8 Å². The van der Waals surface area contributed by atoms with E-state index >= 15 is 0 Å². The second kappa shape index (κ2) is 8.26. The first-order valence-electron chi connectivity index (χ1n) is 10.0. The molecule has 2 aromatic rings. The number of amides is 1. The number of aryl methyl sites for hydroxylation is 1. The average molecular weight is 429 g/mol. The summed E-state index contributed by atoms with van der Waals surface area (Å²) < 4.78 is 7.16. The van der Waals surface area contributed by atoms with Gasteiger partial charge < -0.3 is 10.5 Å². The smallest absolute Gasteiger partial charge is 0.237 e. The number of rotatable bonds is 4. The minimum Gasteiger partial charge on any atom is -0.497 e. The van der Waals surface area contributed by atoms with Crippen molar-refractivity contribution in [2.24, 2.45) is 24.6 Å². The lowest BCUT2D eigenvalue weighted by Gasteiger charge is -2.43. The van der Waals surface area contributed by atoms with Crippen molar-refractivity contribution < 1.29 is 9.53 Å². The molecule has 2 aliphatic rings. The molecule has 1 aliphatic heterocycles. The predicted molar refractivity (Wildman–Crippen MR) is 113 cm³/mol. The minimum absolute atomic E-state index is 0.0305. The monoisotopic (exact) mass is 428 g/mol. The van der Waals surface area contributed by atoms with Crippen molar-refractivity contribution in [3.8, 4) is 23.1 Å². The average Bonchev–Trinajstić information content (AvgIpc) is 3.14. The summed E-state index contributed by atoms with van der Waals surface area (Å²) in [5.41, 5.74) is 14.8. The molecule has 2 heterocycles. The molecule has 1 aromatic heterocycles. The van der Waals surface area contributed by atoms with Gasteiger partial charge in [0, 0.05) is 42.7 Å². The van der Waals surface area contributed by atoms with Crippen LogP contribution in [0.3, 0.4) is 0 Å². The number of benzene rings is 1. The van der Waals surface area contributed by atoms with E-state index in [1.54, 1.807) is 17.9 Å². The van der Waals surface area contributed by atoms with Gasteiger partial charge in [-0.1, -0.05) is 11.6 Å². The number of nitrogens with two attached hydrogens (primary N) is 1. The Hall–Kier alpha value is -2.60. The van der Waals surface area contributed by atoms with Crippen LogP contribution >= 0.6 is 11.6 Å². The van der Waals surface area contributed by atoms with Crippen molar-refractivity contribution in [2.45, 2.75) is 31.2 Å². The van der Waals surface area contributed by atoms with Crippen molar-refractivity contribution in [1.29, 1.82) is 5.26 Å². The van der Waals surface area contributed by atoms with Crippen LogP contribution in [0.2, 0.25) is 5.02 Å². The summed E-state index contributed by atoms with van der Waals surface area (Å²) in [4.78, 5) is 12.3. The molecule has 9 heteroatoms. The molecular weight excluding hydrogens is 404 g/mol. The normalized spacial score (nSPS) is 25.9. The summed E-state index contributed by atoms with van der Waals surface area (Å²) in [5.74, 6) is 0.951. The van der Waals surface area contributed by atoms with E-state index < -0.39 is 0 Å². The van der Waals surface area contributed by atoms with Crippen molar-refractivity contribution >= 4 is 17.5 Å². The van der Waals surface area contributed by atoms with Crippen molar-refractivity contribution in [3.05, 3.63) is 34.5 Å². The molecule has 0 radical (unpaired) electrons. The first-order valence-corrected chi connectivity index (χ1v) is 10.4. The van der Waals surface area contributed by atoms with E-state index in [-0.39, 0.29) is 29.7 Å². The van der Waals surface area contributed by atoms with Gasteiger partial charge >= 0.3 is 0 Å². The maximum Gasteiger partial charge on any atom is 0.237 e. The highest BCUT2D eigenvalue weighted by molar-refractivity contribution is 6.32. The third-order valence-corrected chi connectivity index (χ3v) is 6.76.